The normalized spacial score (nSPS) is 16.2. The molecule has 1 heterocycles. The Kier molecular flexibility index (Phi) is 5.86. The molecule has 1 N–H and O–H groups in total. The van der Waals surface area contributed by atoms with Crippen molar-refractivity contribution < 1.29 is 9.59 Å². The van der Waals surface area contributed by atoms with Gasteiger partial charge in [0.25, 0.3) is 0 Å². The van der Waals surface area contributed by atoms with Gasteiger partial charge in [-0.2, -0.15) is 0 Å². The van der Waals surface area contributed by atoms with E-state index in [1.807, 2.05) is 18.7 Å². The van der Waals surface area contributed by atoms with Crippen LogP contribution in [0.25, 0.3) is 0 Å². The van der Waals surface area contributed by atoms with Crippen molar-refractivity contribution in [3.05, 3.63) is 29.3 Å². The van der Waals surface area contributed by atoms with Gasteiger partial charge in [0.05, 0.1) is 0 Å². The molecule has 0 unspecified atom stereocenters. The van der Waals surface area contributed by atoms with Crippen molar-refractivity contribution in [2.24, 2.45) is 5.92 Å². The van der Waals surface area contributed by atoms with Gasteiger partial charge in [0, 0.05) is 38.8 Å². The lowest BCUT2D eigenvalue weighted by Crippen LogP contribution is -2.56. The minimum Gasteiger partial charge on any atom is -0.368 e. The summed E-state index contributed by atoms with van der Waals surface area (Å²) in [5.41, 5.74) is 3.84. The Hall–Kier alpha value is -2.04. The summed E-state index contributed by atoms with van der Waals surface area (Å²) in [5, 5.41) is 2.79. The van der Waals surface area contributed by atoms with Gasteiger partial charge in [0.2, 0.25) is 11.8 Å². The summed E-state index contributed by atoms with van der Waals surface area (Å²) < 4.78 is 0. The van der Waals surface area contributed by atoms with Gasteiger partial charge in [-0.1, -0.05) is 26.0 Å². The van der Waals surface area contributed by atoms with Crippen molar-refractivity contribution in [3.63, 3.8) is 0 Å². The molecule has 5 heteroatoms. The van der Waals surface area contributed by atoms with Crippen LogP contribution in [0.4, 0.5) is 5.69 Å². The number of carbonyl (C=O) groups is 2. The first-order valence-electron chi connectivity index (χ1n) is 8.68. The third kappa shape index (κ3) is 4.08. The number of carbonyl (C=O) groups excluding carboxylic acids is 2. The van der Waals surface area contributed by atoms with Gasteiger partial charge in [-0.05, 0) is 37.0 Å². The first-order chi connectivity index (χ1) is 11.3. The smallest absolute Gasteiger partial charge is 0.245 e. The Morgan fingerprint density at radius 2 is 1.71 bits per heavy atom. The number of piperazine rings is 1. The van der Waals surface area contributed by atoms with Crippen molar-refractivity contribution in [3.8, 4) is 0 Å². The highest BCUT2D eigenvalue weighted by Crippen LogP contribution is 2.24. The van der Waals surface area contributed by atoms with E-state index in [-0.39, 0.29) is 17.7 Å². The number of anilines is 1. The molecule has 132 valence electrons. The van der Waals surface area contributed by atoms with Crippen LogP contribution < -0.4 is 10.2 Å². The largest absolute Gasteiger partial charge is 0.368 e. The van der Waals surface area contributed by atoms with Gasteiger partial charge < -0.3 is 15.1 Å². The fourth-order valence-electron chi connectivity index (χ4n) is 3.18. The zero-order chi connectivity index (χ0) is 17.9. The molecule has 0 bridgehead atoms. The van der Waals surface area contributed by atoms with Crippen LogP contribution in [0, 0.1) is 19.8 Å². The van der Waals surface area contributed by atoms with Gasteiger partial charge in [0.15, 0.2) is 0 Å². The van der Waals surface area contributed by atoms with Gasteiger partial charge in [-0.15, -0.1) is 0 Å². The standard InChI is InChI=1S/C19H29N3O2/c1-13(2)18(20-16(5)23)19(24)22-11-9-21(10-12-22)17-8-6-7-14(3)15(17)4/h6-8,13,18H,9-12H2,1-5H3,(H,20,23)/t18-/m0/s1. The van der Waals surface area contributed by atoms with E-state index in [1.54, 1.807) is 0 Å². The van der Waals surface area contributed by atoms with Crippen LogP contribution >= 0.6 is 0 Å². The molecular formula is C19H29N3O2. The van der Waals surface area contributed by atoms with Crippen LogP contribution in [-0.4, -0.2) is 48.9 Å². The van der Waals surface area contributed by atoms with E-state index >= 15 is 0 Å². The zero-order valence-corrected chi connectivity index (χ0v) is 15.4. The summed E-state index contributed by atoms with van der Waals surface area (Å²) in [5.74, 6) is -0.0460. The van der Waals surface area contributed by atoms with Crippen molar-refractivity contribution in [1.82, 2.24) is 10.2 Å². The molecule has 1 aliphatic rings. The van der Waals surface area contributed by atoms with Crippen molar-refractivity contribution in [1.29, 1.82) is 0 Å². The molecule has 2 rings (SSSR count). The number of nitrogens with one attached hydrogen (secondary N) is 1. The molecule has 1 saturated heterocycles. The van der Waals surface area contributed by atoms with E-state index < -0.39 is 6.04 Å². The second kappa shape index (κ2) is 7.69. The monoisotopic (exact) mass is 331 g/mol. The van der Waals surface area contributed by atoms with Gasteiger partial charge in [-0.3, -0.25) is 9.59 Å². The summed E-state index contributed by atoms with van der Waals surface area (Å²) in [6, 6.07) is 5.92. The topological polar surface area (TPSA) is 52.7 Å². The summed E-state index contributed by atoms with van der Waals surface area (Å²) in [7, 11) is 0. The lowest BCUT2D eigenvalue weighted by Gasteiger charge is -2.39. The highest BCUT2D eigenvalue weighted by Gasteiger charge is 2.30. The molecule has 5 nitrogen and oxygen atoms in total. The SMILES string of the molecule is CC(=O)N[C@H](C(=O)N1CCN(c2cccc(C)c2C)CC1)C(C)C. The number of hydrogen-bond donors (Lipinski definition) is 1. The van der Waals surface area contributed by atoms with Crippen LogP contribution in [-0.2, 0) is 9.59 Å². The maximum atomic E-state index is 12.7. The molecule has 1 aromatic carbocycles. The maximum absolute atomic E-state index is 12.7. The van der Waals surface area contributed by atoms with E-state index in [1.165, 1.54) is 23.7 Å². The number of nitrogens with zero attached hydrogens (tertiary/aromatic N) is 2. The van der Waals surface area contributed by atoms with Crippen LogP contribution in [0.2, 0.25) is 0 Å². The van der Waals surface area contributed by atoms with Crippen molar-refractivity contribution in [2.45, 2.75) is 40.7 Å². The van der Waals surface area contributed by atoms with E-state index in [0.717, 1.165) is 13.1 Å². The zero-order valence-electron chi connectivity index (χ0n) is 15.4. The number of hydrogen-bond acceptors (Lipinski definition) is 3. The molecule has 1 aromatic rings. The number of rotatable bonds is 4. The molecule has 1 aliphatic heterocycles. The highest BCUT2D eigenvalue weighted by molar-refractivity contribution is 5.87. The minimum atomic E-state index is -0.435. The van der Waals surface area contributed by atoms with Gasteiger partial charge in [-0.25, -0.2) is 0 Å². The first-order valence-corrected chi connectivity index (χ1v) is 8.68. The summed E-state index contributed by atoms with van der Waals surface area (Å²) in [6.45, 7) is 12.7. The number of aryl methyl sites for hydroxylation is 1. The Labute approximate surface area is 145 Å². The average molecular weight is 331 g/mol. The lowest BCUT2D eigenvalue weighted by molar-refractivity contribution is -0.137. The molecule has 1 fully saturated rings. The fourth-order valence-corrected chi connectivity index (χ4v) is 3.18. The van der Waals surface area contributed by atoms with Gasteiger partial charge in [0.1, 0.15) is 6.04 Å². The Bertz CT molecular complexity index is 605. The Morgan fingerprint density at radius 1 is 1.08 bits per heavy atom. The van der Waals surface area contributed by atoms with Crippen LogP contribution in [0.5, 0.6) is 0 Å². The molecule has 0 radical (unpaired) electrons. The van der Waals surface area contributed by atoms with Crippen LogP contribution in [0.15, 0.2) is 18.2 Å². The second-order valence-corrected chi connectivity index (χ2v) is 6.95. The number of amides is 2. The average Bonchev–Trinajstić information content (AvgIpc) is 2.54. The third-order valence-corrected chi connectivity index (χ3v) is 4.80. The predicted molar refractivity (Wildman–Crippen MR) is 97.2 cm³/mol. The highest BCUT2D eigenvalue weighted by atomic mass is 16.2. The third-order valence-electron chi connectivity index (χ3n) is 4.80. The predicted octanol–water partition coefficient (Wildman–Crippen LogP) is 2.11. The molecule has 1 atom stereocenters. The van der Waals surface area contributed by atoms with E-state index in [9.17, 15) is 9.59 Å². The summed E-state index contributed by atoms with van der Waals surface area (Å²) >= 11 is 0. The molecule has 2 amide bonds. The molecule has 0 aliphatic carbocycles. The van der Waals surface area contributed by atoms with Crippen molar-refractivity contribution >= 4 is 17.5 Å². The molecule has 0 spiro atoms. The molecule has 0 saturated carbocycles. The Morgan fingerprint density at radius 3 is 2.25 bits per heavy atom. The van der Waals surface area contributed by atoms with Crippen molar-refractivity contribution in [2.75, 3.05) is 31.1 Å². The lowest BCUT2D eigenvalue weighted by atomic mass is 10.0. The first kappa shape index (κ1) is 18.3. The summed E-state index contributed by atoms with van der Waals surface area (Å²) in [4.78, 5) is 28.3. The van der Waals surface area contributed by atoms with Crippen LogP contribution in [0.1, 0.15) is 31.9 Å². The fraction of sp³-hybridized carbons (Fsp3) is 0.579. The van der Waals surface area contributed by atoms with E-state index in [4.69, 9.17) is 0 Å². The molecule has 0 aromatic heterocycles. The van der Waals surface area contributed by atoms with Gasteiger partial charge >= 0.3 is 0 Å². The summed E-state index contributed by atoms with van der Waals surface area (Å²) in [6.07, 6.45) is 0. The van der Waals surface area contributed by atoms with E-state index in [2.05, 4.69) is 42.3 Å². The van der Waals surface area contributed by atoms with Crippen LogP contribution in [0.3, 0.4) is 0 Å². The number of benzene rings is 1. The maximum Gasteiger partial charge on any atom is 0.245 e. The molecular weight excluding hydrogens is 302 g/mol. The van der Waals surface area contributed by atoms with E-state index in [0.29, 0.717) is 13.1 Å². The minimum absolute atomic E-state index is 0.0285. The Balaban J connectivity index is 2.02. The second-order valence-electron chi connectivity index (χ2n) is 6.95. The quantitative estimate of drug-likeness (QED) is 0.919. The molecule has 24 heavy (non-hydrogen) atoms.